The summed E-state index contributed by atoms with van der Waals surface area (Å²) in [5, 5.41) is 14.3. The van der Waals surface area contributed by atoms with E-state index in [1.54, 1.807) is 6.07 Å². The number of hydrogen-bond donors (Lipinski definition) is 3. The highest BCUT2D eigenvalue weighted by Crippen LogP contribution is 2.15. The van der Waals surface area contributed by atoms with Gasteiger partial charge in [0.05, 0.1) is 19.3 Å². The van der Waals surface area contributed by atoms with E-state index in [9.17, 15) is 9.59 Å². The Morgan fingerprint density at radius 2 is 2.05 bits per heavy atom. The van der Waals surface area contributed by atoms with Crippen LogP contribution >= 0.6 is 0 Å². The molecule has 0 bridgehead atoms. The molecular weight excluding hydrogens is 248 g/mol. The van der Waals surface area contributed by atoms with Crippen LogP contribution in [0.2, 0.25) is 0 Å². The average Bonchev–Trinajstić information content (AvgIpc) is 2.80. The molecule has 3 N–H and O–H groups in total. The van der Waals surface area contributed by atoms with E-state index in [0.717, 1.165) is 5.56 Å². The van der Waals surface area contributed by atoms with Gasteiger partial charge in [-0.15, -0.1) is 0 Å². The number of aryl methyl sites for hydroxylation is 1. The highest BCUT2D eigenvalue weighted by Gasteiger charge is 2.35. The number of carbonyl (C=O) groups excluding carboxylic acids is 1. The van der Waals surface area contributed by atoms with Gasteiger partial charge in [0.2, 0.25) is 0 Å². The number of carbonyl (C=O) groups is 2. The lowest BCUT2D eigenvalue weighted by Gasteiger charge is -2.16. The van der Waals surface area contributed by atoms with Crippen molar-refractivity contribution in [2.75, 3.05) is 18.5 Å². The van der Waals surface area contributed by atoms with Gasteiger partial charge in [-0.1, -0.05) is 18.2 Å². The largest absolute Gasteiger partial charge is 0.481 e. The van der Waals surface area contributed by atoms with Gasteiger partial charge in [-0.25, -0.2) is 4.79 Å². The molecule has 1 aromatic rings. The predicted molar refractivity (Wildman–Crippen MR) is 69.1 cm³/mol. The Hall–Kier alpha value is -2.08. The molecule has 0 aromatic heterocycles. The first-order valence-corrected chi connectivity index (χ1v) is 6.01. The Balaban J connectivity index is 1.95. The highest BCUT2D eigenvalue weighted by molar-refractivity contribution is 5.90. The van der Waals surface area contributed by atoms with Crippen molar-refractivity contribution in [3.8, 4) is 0 Å². The summed E-state index contributed by atoms with van der Waals surface area (Å²) in [7, 11) is 0. The monoisotopic (exact) mass is 264 g/mol. The quantitative estimate of drug-likeness (QED) is 0.766. The van der Waals surface area contributed by atoms with Crippen molar-refractivity contribution in [2.45, 2.75) is 13.0 Å². The van der Waals surface area contributed by atoms with Crippen molar-refractivity contribution in [2.24, 2.45) is 5.92 Å². The second-order valence-electron chi connectivity index (χ2n) is 4.50. The first-order valence-electron chi connectivity index (χ1n) is 6.01. The third-order valence-electron chi connectivity index (χ3n) is 3.11. The van der Waals surface area contributed by atoms with Gasteiger partial charge in [0, 0.05) is 5.69 Å². The van der Waals surface area contributed by atoms with E-state index in [0.29, 0.717) is 5.69 Å². The molecule has 1 saturated heterocycles. The number of carboxylic acid groups (broad SMARTS) is 1. The zero-order chi connectivity index (χ0) is 13.8. The van der Waals surface area contributed by atoms with Gasteiger partial charge in [-0.3, -0.25) is 4.79 Å². The number of para-hydroxylation sites is 1. The third-order valence-corrected chi connectivity index (χ3v) is 3.11. The van der Waals surface area contributed by atoms with Gasteiger partial charge >= 0.3 is 12.0 Å². The number of aliphatic carboxylic acids is 1. The lowest BCUT2D eigenvalue weighted by Crippen LogP contribution is -2.44. The number of ether oxygens (including phenoxy) is 1. The fourth-order valence-corrected chi connectivity index (χ4v) is 1.98. The maximum atomic E-state index is 11.8. The van der Waals surface area contributed by atoms with Crippen LogP contribution in [-0.2, 0) is 9.53 Å². The first kappa shape index (κ1) is 13.4. The van der Waals surface area contributed by atoms with Crippen LogP contribution < -0.4 is 10.6 Å². The smallest absolute Gasteiger partial charge is 0.319 e. The highest BCUT2D eigenvalue weighted by atomic mass is 16.5. The standard InChI is InChI=1S/C13H16N2O4/c1-8-4-2-3-5-10(8)14-13(18)15-11-7-19-6-9(11)12(16)17/h2-5,9,11H,6-7H2,1H3,(H,16,17)(H2,14,15,18). The van der Waals surface area contributed by atoms with Crippen molar-refractivity contribution >= 4 is 17.7 Å². The van der Waals surface area contributed by atoms with Crippen molar-refractivity contribution < 1.29 is 19.4 Å². The SMILES string of the molecule is Cc1ccccc1NC(=O)NC1COCC1C(=O)O. The molecule has 2 atom stereocenters. The molecule has 19 heavy (non-hydrogen) atoms. The van der Waals surface area contributed by atoms with Gasteiger partial charge in [-0.05, 0) is 18.6 Å². The summed E-state index contributed by atoms with van der Waals surface area (Å²) in [5.41, 5.74) is 1.64. The Labute approximate surface area is 110 Å². The minimum Gasteiger partial charge on any atom is -0.481 e. The average molecular weight is 264 g/mol. The van der Waals surface area contributed by atoms with E-state index < -0.39 is 24.0 Å². The van der Waals surface area contributed by atoms with Gasteiger partial charge in [0.1, 0.15) is 5.92 Å². The van der Waals surface area contributed by atoms with E-state index >= 15 is 0 Å². The molecule has 0 aliphatic carbocycles. The Morgan fingerprint density at radius 1 is 1.32 bits per heavy atom. The molecule has 0 radical (unpaired) electrons. The first-order chi connectivity index (χ1) is 9.08. The Morgan fingerprint density at radius 3 is 2.74 bits per heavy atom. The van der Waals surface area contributed by atoms with E-state index in [1.165, 1.54) is 0 Å². The molecule has 2 amide bonds. The number of carboxylic acids is 1. The van der Waals surface area contributed by atoms with Crippen molar-refractivity contribution in [3.63, 3.8) is 0 Å². The van der Waals surface area contributed by atoms with Crippen molar-refractivity contribution in [1.82, 2.24) is 5.32 Å². The van der Waals surface area contributed by atoms with Gasteiger partial charge in [0.15, 0.2) is 0 Å². The number of anilines is 1. The molecule has 2 unspecified atom stereocenters. The topological polar surface area (TPSA) is 87.7 Å². The maximum Gasteiger partial charge on any atom is 0.319 e. The van der Waals surface area contributed by atoms with E-state index in [-0.39, 0.29) is 13.2 Å². The normalized spacial score (nSPS) is 21.9. The van der Waals surface area contributed by atoms with Crippen LogP contribution in [0.25, 0.3) is 0 Å². The Kier molecular flexibility index (Phi) is 4.01. The molecule has 1 aliphatic heterocycles. The second-order valence-corrected chi connectivity index (χ2v) is 4.50. The molecule has 0 spiro atoms. The fraction of sp³-hybridized carbons (Fsp3) is 0.385. The van der Waals surface area contributed by atoms with E-state index in [2.05, 4.69) is 10.6 Å². The molecular formula is C13H16N2O4. The fourth-order valence-electron chi connectivity index (χ4n) is 1.98. The second kappa shape index (κ2) is 5.71. The van der Waals surface area contributed by atoms with Crippen LogP contribution in [0.1, 0.15) is 5.56 Å². The van der Waals surface area contributed by atoms with Crippen LogP contribution in [0, 0.1) is 12.8 Å². The number of urea groups is 1. The molecule has 6 nitrogen and oxygen atoms in total. The summed E-state index contributed by atoms with van der Waals surface area (Å²) in [6.07, 6.45) is 0. The molecule has 1 aromatic carbocycles. The van der Waals surface area contributed by atoms with Crippen molar-refractivity contribution in [1.29, 1.82) is 0 Å². The molecule has 6 heteroatoms. The summed E-state index contributed by atoms with van der Waals surface area (Å²) in [6.45, 7) is 2.23. The Bertz CT molecular complexity index is 489. The van der Waals surface area contributed by atoms with Crippen LogP contribution in [0.4, 0.5) is 10.5 Å². The van der Waals surface area contributed by atoms with Gasteiger partial charge in [-0.2, -0.15) is 0 Å². The number of hydrogen-bond acceptors (Lipinski definition) is 3. The minimum atomic E-state index is -0.960. The van der Waals surface area contributed by atoms with E-state index in [4.69, 9.17) is 9.84 Å². The van der Waals surface area contributed by atoms with Crippen LogP contribution in [-0.4, -0.2) is 36.4 Å². The molecule has 1 heterocycles. The van der Waals surface area contributed by atoms with Crippen LogP contribution in [0.15, 0.2) is 24.3 Å². The lowest BCUT2D eigenvalue weighted by atomic mass is 10.0. The zero-order valence-corrected chi connectivity index (χ0v) is 10.6. The number of nitrogens with one attached hydrogen (secondary N) is 2. The summed E-state index contributed by atoms with van der Waals surface area (Å²) in [6, 6.07) is 6.45. The molecule has 1 fully saturated rings. The number of benzene rings is 1. The predicted octanol–water partition coefficient (Wildman–Crippen LogP) is 1.22. The summed E-state index contributed by atoms with van der Waals surface area (Å²) in [4.78, 5) is 22.8. The zero-order valence-electron chi connectivity index (χ0n) is 10.6. The molecule has 2 rings (SSSR count). The minimum absolute atomic E-state index is 0.130. The van der Waals surface area contributed by atoms with Gasteiger partial charge < -0.3 is 20.5 Å². The van der Waals surface area contributed by atoms with Crippen LogP contribution in [0.5, 0.6) is 0 Å². The number of rotatable bonds is 3. The van der Waals surface area contributed by atoms with Crippen LogP contribution in [0.3, 0.4) is 0 Å². The lowest BCUT2D eigenvalue weighted by molar-refractivity contribution is -0.142. The molecule has 102 valence electrons. The molecule has 1 aliphatic rings. The van der Waals surface area contributed by atoms with Crippen molar-refractivity contribution in [3.05, 3.63) is 29.8 Å². The summed E-state index contributed by atoms with van der Waals surface area (Å²) < 4.78 is 5.08. The van der Waals surface area contributed by atoms with E-state index in [1.807, 2.05) is 25.1 Å². The summed E-state index contributed by atoms with van der Waals surface area (Å²) in [5.74, 6) is -1.65. The third kappa shape index (κ3) is 3.23. The molecule has 0 saturated carbocycles. The maximum absolute atomic E-state index is 11.8. The summed E-state index contributed by atoms with van der Waals surface area (Å²) >= 11 is 0. The van der Waals surface area contributed by atoms with Gasteiger partial charge in [0.25, 0.3) is 0 Å². The number of amides is 2.